The molecular formula is C5H10BN2P. The maximum Gasteiger partial charge on any atom is 0.116 e. The molecule has 1 N–H and O–H groups in total. The Morgan fingerprint density at radius 2 is 2.33 bits per heavy atom. The largest absolute Gasteiger partial charge is 0.313 e. The molecule has 0 aliphatic carbocycles. The van der Waals surface area contributed by atoms with Gasteiger partial charge in [0.1, 0.15) is 7.85 Å². The van der Waals surface area contributed by atoms with Crippen LogP contribution in [0.1, 0.15) is 0 Å². The lowest BCUT2D eigenvalue weighted by Crippen LogP contribution is -2.02. The summed E-state index contributed by atoms with van der Waals surface area (Å²) in [5.74, 6) is 0. The minimum Gasteiger partial charge on any atom is -0.313 e. The van der Waals surface area contributed by atoms with Gasteiger partial charge in [-0.15, -0.1) is 6.58 Å². The summed E-state index contributed by atoms with van der Waals surface area (Å²) in [5, 5.41) is 3.90. The molecule has 0 aliphatic heterocycles. The maximum absolute atomic E-state index is 5.37. The summed E-state index contributed by atoms with van der Waals surface area (Å²) in [6, 6.07) is 0. The lowest BCUT2D eigenvalue weighted by molar-refractivity contribution is 0.906. The Labute approximate surface area is 59.0 Å². The number of nitrogens with one attached hydrogen (secondary N) is 1. The fraction of sp³-hybridized carbons (Fsp3) is 0.400. The van der Waals surface area contributed by atoms with Gasteiger partial charge in [-0.2, -0.15) is 5.10 Å². The summed E-state index contributed by atoms with van der Waals surface area (Å²) >= 11 is 0. The van der Waals surface area contributed by atoms with Crippen molar-refractivity contribution in [3.63, 3.8) is 0 Å². The Morgan fingerprint density at radius 1 is 1.78 bits per heavy atom. The average Bonchev–Trinajstić information content (AvgIpc) is 1.82. The molecule has 0 aromatic rings. The van der Waals surface area contributed by atoms with E-state index in [0.717, 1.165) is 5.45 Å². The number of hydrazone groups is 1. The number of nitrogens with zero attached hydrogens (tertiary/aromatic N) is 1. The zero-order valence-electron chi connectivity index (χ0n) is 5.73. The van der Waals surface area contributed by atoms with Gasteiger partial charge in [-0.1, -0.05) is 14.1 Å². The molecule has 4 heteroatoms. The van der Waals surface area contributed by atoms with E-state index in [1.807, 2.05) is 6.66 Å². The molecule has 48 valence electrons. The van der Waals surface area contributed by atoms with Gasteiger partial charge in [-0.25, -0.2) is 0 Å². The first-order valence-electron chi connectivity index (χ1n) is 2.59. The Bertz CT molecular complexity index is 133. The predicted molar refractivity (Wildman–Crippen MR) is 45.6 cm³/mol. The van der Waals surface area contributed by atoms with Crippen LogP contribution in [0.2, 0.25) is 0 Å². The van der Waals surface area contributed by atoms with Crippen molar-refractivity contribution >= 4 is 21.9 Å². The van der Waals surface area contributed by atoms with Crippen LogP contribution in [0, 0.1) is 0 Å². The van der Waals surface area contributed by atoms with Crippen LogP contribution in [0.15, 0.2) is 17.2 Å². The highest BCUT2D eigenvalue weighted by atomic mass is 31.1. The molecule has 0 spiro atoms. The number of hydrogen-bond donors (Lipinski definition) is 1. The maximum atomic E-state index is 5.37. The molecule has 2 nitrogen and oxygen atoms in total. The standard InChI is InChI=1S/C5H10BN2P/c1-4(6)5(9-3)8-7-2/h7,9H,1H2,2-3H3/b8-5+. The molecule has 0 heterocycles. The van der Waals surface area contributed by atoms with Crippen molar-refractivity contribution in [3.05, 3.63) is 12.1 Å². The molecule has 0 aromatic heterocycles. The van der Waals surface area contributed by atoms with E-state index < -0.39 is 0 Å². The van der Waals surface area contributed by atoms with Gasteiger partial charge in [-0.05, 0) is 6.66 Å². The van der Waals surface area contributed by atoms with Crippen molar-refractivity contribution in [1.29, 1.82) is 0 Å². The lowest BCUT2D eigenvalue weighted by atomic mass is 10.00. The van der Waals surface area contributed by atoms with E-state index in [1.165, 1.54) is 0 Å². The Balaban J connectivity index is 3.98. The van der Waals surface area contributed by atoms with Gasteiger partial charge in [0.2, 0.25) is 0 Å². The van der Waals surface area contributed by atoms with Crippen molar-refractivity contribution in [3.8, 4) is 0 Å². The van der Waals surface area contributed by atoms with Gasteiger partial charge in [0.25, 0.3) is 0 Å². The molecule has 0 fully saturated rings. The highest BCUT2D eigenvalue weighted by Crippen LogP contribution is 2.10. The SMILES string of the molecule is [B]C(=C)/C(=N\NC)PC. The quantitative estimate of drug-likeness (QED) is 0.262. The fourth-order valence-corrected chi connectivity index (χ4v) is 0.945. The molecule has 1 atom stereocenters. The van der Waals surface area contributed by atoms with Gasteiger partial charge in [0.15, 0.2) is 0 Å². The van der Waals surface area contributed by atoms with Gasteiger partial charge < -0.3 is 5.43 Å². The minimum absolute atomic E-state index is 0.546. The molecule has 0 amide bonds. The smallest absolute Gasteiger partial charge is 0.116 e. The Kier molecular flexibility index (Phi) is 4.42. The summed E-state index contributed by atoms with van der Waals surface area (Å²) in [5.41, 5.74) is 4.05. The topological polar surface area (TPSA) is 24.4 Å². The van der Waals surface area contributed by atoms with E-state index in [4.69, 9.17) is 7.85 Å². The van der Waals surface area contributed by atoms with E-state index in [2.05, 4.69) is 17.1 Å². The van der Waals surface area contributed by atoms with Crippen LogP contribution in [-0.2, 0) is 0 Å². The highest BCUT2D eigenvalue weighted by Gasteiger charge is 1.92. The van der Waals surface area contributed by atoms with E-state index in [0.29, 0.717) is 14.1 Å². The first kappa shape index (κ1) is 8.70. The van der Waals surface area contributed by atoms with Crippen LogP contribution in [0.3, 0.4) is 0 Å². The molecular weight excluding hydrogens is 130 g/mol. The fourth-order valence-electron chi connectivity index (χ4n) is 0.400. The van der Waals surface area contributed by atoms with Crippen LogP contribution in [0.4, 0.5) is 0 Å². The third-order valence-electron chi connectivity index (χ3n) is 0.765. The first-order valence-corrected chi connectivity index (χ1v) is 4.09. The predicted octanol–water partition coefficient (Wildman–Crippen LogP) is 0.510. The number of hydrogen-bond acceptors (Lipinski definition) is 2. The summed E-state index contributed by atoms with van der Waals surface area (Å²) in [4.78, 5) is 0. The van der Waals surface area contributed by atoms with Gasteiger partial charge in [-0.3, -0.25) is 0 Å². The van der Waals surface area contributed by atoms with Crippen LogP contribution in [0.5, 0.6) is 0 Å². The van der Waals surface area contributed by atoms with Gasteiger partial charge >= 0.3 is 0 Å². The summed E-state index contributed by atoms with van der Waals surface area (Å²) in [6.45, 7) is 5.57. The zero-order chi connectivity index (χ0) is 7.28. The van der Waals surface area contributed by atoms with Crippen LogP contribution in [-0.4, -0.2) is 27.0 Å². The summed E-state index contributed by atoms with van der Waals surface area (Å²) in [7, 11) is 7.71. The van der Waals surface area contributed by atoms with Gasteiger partial charge in [0, 0.05) is 7.05 Å². The third kappa shape index (κ3) is 3.31. The van der Waals surface area contributed by atoms with Crippen LogP contribution >= 0.6 is 8.58 Å². The summed E-state index contributed by atoms with van der Waals surface area (Å²) < 4.78 is 0. The molecule has 0 aliphatic rings. The minimum atomic E-state index is 0.546. The second kappa shape index (κ2) is 4.57. The van der Waals surface area contributed by atoms with Crippen molar-refractivity contribution in [2.45, 2.75) is 0 Å². The lowest BCUT2D eigenvalue weighted by Gasteiger charge is -2.00. The van der Waals surface area contributed by atoms with E-state index in [-0.39, 0.29) is 0 Å². The second-order valence-electron chi connectivity index (χ2n) is 1.46. The highest BCUT2D eigenvalue weighted by molar-refractivity contribution is 7.59. The van der Waals surface area contributed by atoms with Crippen molar-refractivity contribution in [2.75, 3.05) is 13.7 Å². The molecule has 0 saturated carbocycles. The first-order chi connectivity index (χ1) is 4.22. The van der Waals surface area contributed by atoms with Crippen molar-refractivity contribution in [2.24, 2.45) is 5.10 Å². The van der Waals surface area contributed by atoms with Crippen LogP contribution in [0.25, 0.3) is 0 Å². The number of allylic oxidation sites excluding steroid dienone is 1. The molecule has 2 radical (unpaired) electrons. The molecule has 0 aromatic carbocycles. The average molecular weight is 140 g/mol. The van der Waals surface area contributed by atoms with Crippen molar-refractivity contribution < 1.29 is 0 Å². The molecule has 1 unspecified atom stereocenters. The summed E-state index contributed by atoms with van der Waals surface area (Å²) in [6.07, 6.45) is 0. The molecule has 0 rings (SSSR count). The molecule has 0 bridgehead atoms. The molecule has 9 heavy (non-hydrogen) atoms. The Morgan fingerprint density at radius 3 is 2.44 bits per heavy atom. The monoisotopic (exact) mass is 140 g/mol. The third-order valence-corrected chi connectivity index (χ3v) is 1.67. The number of rotatable bonds is 3. The van der Waals surface area contributed by atoms with E-state index in [1.54, 1.807) is 7.05 Å². The van der Waals surface area contributed by atoms with E-state index in [9.17, 15) is 0 Å². The van der Waals surface area contributed by atoms with Crippen LogP contribution < -0.4 is 5.43 Å². The van der Waals surface area contributed by atoms with E-state index >= 15 is 0 Å². The molecule has 0 saturated heterocycles. The van der Waals surface area contributed by atoms with Gasteiger partial charge in [0.05, 0.1) is 5.45 Å². The Hall–Kier alpha value is -0.295. The second-order valence-corrected chi connectivity index (χ2v) is 2.43. The zero-order valence-corrected chi connectivity index (χ0v) is 6.73. The normalized spacial score (nSPS) is 12.4. The van der Waals surface area contributed by atoms with Crippen molar-refractivity contribution in [1.82, 2.24) is 5.43 Å².